The highest BCUT2D eigenvalue weighted by Crippen LogP contribution is 2.23. The highest BCUT2D eigenvalue weighted by molar-refractivity contribution is 7.85. The van der Waals surface area contributed by atoms with Gasteiger partial charge in [0.15, 0.2) is 0 Å². The maximum Gasteiger partial charge on any atom is 0.327 e. The second-order valence-electron chi connectivity index (χ2n) is 5.88. The van der Waals surface area contributed by atoms with Crippen molar-refractivity contribution < 1.29 is 18.9 Å². The van der Waals surface area contributed by atoms with E-state index in [-0.39, 0.29) is 11.2 Å². The van der Waals surface area contributed by atoms with Crippen LogP contribution in [-0.4, -0.2) is 33.0 Å². The first-order valence-electron chi connectivity index (χ1n) is 6.60. The molecule has 2 unspecified atom stereocenters. The number of carboxylic acids is 1. The van der Waals surface area contributed by atoms with Crippen molar-refractivity contribution in [1.82, 2.24) is 5.32 Å². The Bertz CT molecular complexity index is 546. The molecule has 0 aliphatic carbocycles. The van der Waals surface area contributed by atoms with Gasteiger partial charge in [0.05, 0.1) is 16.6 Å². The second kappa shape index (κ2) is 6.85. The third kappa shape index (κ3) is 5.30. The largest absolute Gasteiger partial charge is 0.480 e. The molecule has 5 nitrogen and oxygen atoms in total. The summed E-state index contributed by atoms with van der Waals surface area (Å²) in [6.07, 6.45) is 0. The van der Waals surface area contributed by atoms with Crippen LogP contribution >= 0.6 is 0 Å². The van der Waals surface area contributed by atoms with E-state index < -0.39 is 28.7 Å². The van der Waals surface area contributed by atoms with Gasteiger partial charge in [-0.2, -0.15) is 0 Å². The van der Waals surface area contributed by atoms with Gasteiger partial charge in [0, 0.05) is 11.8 Å². The lowest BCUT2D eigenvalue weighted by molar-refractivity contribution is -0.140. The lowest BCUT2D eigenvalue weighted by Gasteiger charge is -2.19. The summed E-state index contributed by atoms with van der Waals surface area (Å²) in [5, 5.41) is 11.3. The van der Waals surface area contributed by atoms with Gasteiger partial charge in [-0.05, 0) is 23.1 Å². The Balaban J connectivity index is 2.83. The van der Waals surface area contributed by atoms with Crippen LogP contribution in [0.4, 0.5) is 0 Å². The normalized spacial score (nSPS) is 14.3. The second-order valence-corrected chi connectivity index (χ2v) is 7.37. The van der Waals surface area contributed by atoms with Crippen LogP contribution in [0.25, 0.3) is 0 Å². The number of carbonyl (C=O) groups is 2. The predicted molar refractivity (Wildman–Crippen MR) is 81.7 cm³/mol. The summed E-state index contributed by atoms with van der Waals surface area (Å²) < 4.78 is 12.2. The molecular weight excluding hydrogens is 290 g/mol. The molecule has 21 heavy (non-hydrogen) atoms. The number of carbonyl (C=O) groups excluding carboxylic acids is 1. The van der Waals surface area contributed by atoms with Gasteiger partial charge in [-0.1, -0.05) is 32.9 Å². The van der Waals surface area contributed by atoms with Crippen LogP contribution in [0.1, 0.15) is 33.3 Å². The van der Waals surface area contributed by atoms with Gasteiger partial charge in [-0.25, -0.2) is 4.79 Å². The first-order valence-corrected chi connectivity index (χ1v) is 7.92. The van der Waals surface area contributed by atoms with E-state index in [2.05, 4.69) is 26.1 Å². The monoisotopic (exact) mass is 311 g/mol. The van der Waals surface area contributed by atoms with Crippen LogP contribution in [0.15, 0.2) is 29.2 Å². The maximum absolute atomic E-state index is 12.2. The third-order valence-electron chi connectivity index (χ3n) is 2.98. The Labute approximate surface area is 127 Å². The zero-order valence-corrected chi connectivity index (χ0v) is 13.5. The molecule has 0 heterocycles. The van der Waals surface area contributed by atoms with E-state index in [0.717, 1.165) is 5.56 Å². The maximum atomic E-state index is 12.2. The van der Waals surface area contributed by atoms with E-state index in [0.29, 0.717) is 4.90 Å². The van der Waals surface area contributed by atoms with Crippen LogP contribution < -0.4 is 5.32 Å². The Morgan fingerprint density at radius 3 is 2.14 bits per heavy atom. The quantitative estimate of drug-likeness (QED) is 0.866. The molecule has 0 aromatic heterocycles. The van der Waals surface area contributed by atoms with Crippen molar-refractivity contribution in [2.45, 2.75) is 44.0 Å². The van der Waals surface area contributed by atoms with E-state index >= 15 is 0 Å². The summed E-state index contributed by atoms with van der Waals surface area (Å²) in [5.74, 6) is -1.80. The van der Waals surface area contributed by atoms with Gasteiger partial charge in [0.25, 0.3) is 0 Å². The first kappa shape index (κ1) is 17.4. The Kier molecular flexibility index (Phi) is 5.66. The van der Waals surface area contributed by atoms with Crippen LogP contribution in [0, 0.1) is 0 Å². The Hall–Kier alpha value is -1.69. The molecule has 0 fully saturated rings. The van der Waals surface area contributed by atoms with Gasteiger partial charge in [-0.15, -0.1) is 0 Å². The minimum Gasteiger partial charge on any atom is -0.480 e. The van der Waals surface area contributed by atoms with Crippen molar-refractivity contribution in [2.75, 3.05) is 5.75 Å². The third-order valence-corrected chi connectivity index (χ3v) is 4.41. The van der Waals surface area contributed by atoms with Gasteiger partial charge >= 0.3 is 5.97 Å². The zero-order valence-electron chi connectivity index (χ0n) is 12.7. The minimum absolute atomic E-state index is 0.000191. The summed E-state index contributed by atoms with van der Waals surface area (Å²) in [4.78, 5) is 22.6. The molecule has 0 saturated heterocycles. The molecule has 2 atom stereocenters. The van der Waals surface area contributed by atoms with Gasteiger partial charge in [-0.3, -0.25) is 9.00 Å². The van der Waals surface area contributed by atoms with Crippen LogP contribution in [0.2, 0.25) is 0 Å². The summed E-state index contributed by atoms with van der Waals surface area (Å²) in [6.45, 7) is 7.47. The molecule has 1 aromatic carbocycles. The Morgan fingerprint density at radius 1 is 1.24 bits per heavy atom. The number of nitrogens with one attached hydrogen (secondary N) is 1. The fourth-order valence-corrected chi connectivity index (χ4v) is 2.94. The molecule has 2 N–H and O–H groups in total. The first-order chi connectivity index (χ1) is 9.61. The highest BCUT2D eigenvalue weighted by Gasteiger charge is 2.22. The summed E-state index contributed by atoms with van der Waals surface area (Å²) in [5.41, 5.74) is 1.11. The molecule has 116 valence electrons. The molecule has 0 radical (unpaired) electrons. The summed E-state index contributed by atoms with van der Waals surface area (Å²) in [6, 6.07) is 6.11. The smallest absolute Gasteiger partial charge is 0.327 e. The van der Waals surface area contributed by atoms with Crippen molar-refractivity contribution in [1.29, 1.82) is 0 Å². The molecule has 1 amide bonds. The van der Waals surface area contributed by atoms with Crippen molar-refractivity contribution in [3.8, 4) is 0 Å². The van der Waals surface area contributed by atoms with Gasteiger partial charge in [0.1, 0.15) is 6.04 Å². The average Bonchev–Trinajstić information content (AvgIpc) is 2.36. The van der Waals surface area contributed by atoms with Crippen molar-refractivity contribution in [3.63, 3.8) is 0 Å². The molecular formula is C15H21NO4S. The zero-order chi connectivity index (χ0) is 16.2. The summed E-state index contributed by atoms with van der Waals surface area (Å²) >= 11 is 0. The van der Waals surface area contributed by atoms with E-state index in [1.54, 1.807) is 12.1 Å². The molecule has 1 aromatic rings. The average molecular weight is 311 g/mol. The molecule has 1 rings (SSSR count). The molecule has 6 heteroatoms. The van der Waals surface area contributed by atoms with Crippen LogP contribution in [0.3, 0.4) is 0 Å². The SMILES string of the molecule is CC(=O)NC(CS(=O)c1ccc(C(C)(C)C)cc1)C(=O)O. The van der Waals surface area contributed by atoms with Crippen molar-refractivity contribution in [2.24, 2.45) is 0 Å². The van der Waals surface area contributed by atoms with Crippen molar-refractivity contribution >= 4 is 22.7 Å². The lowest BCUT2D eigenvalue weighted by atomic mass is 9.87. The standard InChI is InChI=1S/C15H21NO4S/c1-10(17)16-13(14(18)19)9-21(20)12-7-5-11(6-8-12)15(2,3)4/h5-8,13H,9H2,1-4H3,(H,16,17)(H,18,19). The lowest BCUT2D eigenvalue weighted by Crippen LogP contribution is -2.43. The minimum atomic E-state index is -1.48. The van der Waals surface area contributed by atoms with E-state index in [4.69, 9.17) is 5.11 Å². The van der Waals surface area contributed by atoms with E-state index in [1.807, 2.05) is 12.1 Å². The van der Waals surface area contributed by atoms with Crippen LogP contribution in [-0.2, 0) is 25.8 Å². The number of amides is 1. The number of benzene rings is 1. The Morgan fingerprint density at radius 2 is 1.76 bits per heavy atom. The molecule has 0 aliphatic rings. The summed E-state index contributed by atoms with van der Waals surface area (Å²) in [7, 11) is -1.48. The van der Waals surface area contributed by atoms with Gasteiger partial charge < -0.3 is 10.4 Å². The molecule has 0 spiro atoms. The number of rotatable bonds is 5. The van der Waals surface area contributed by atoms with E-state index in [1.165, 1.54) is 6.92 Å². The number of carboxylic acid groups (broad SMARTS) is 1. The fraction of sp³-hybridized carbons (Fsp3) is 0.467. The number of hydrogen-bond acceptors (Lipinski definition) is 3. The number of hydrogen-bond donors (Lipinski definition) is 2. The fourth-order valence-electron chi connectivity index (χ4n) is 1.77. The van der Waals surface area contributed by atoms with E-state index in [9.17, 15) is 13.8 Å². The van der Waals surface area contributed by atoms with Crippen molar-refractivity contribution in [3.05, 3.63) is 29.8 Å². The van der Waals surface area contributed by atoms with Crippen LogP contribution in [0.5, 0.6) is 0 Å². The highest BCUT2D eigenvalue weighted by atomic mass is 32.2. The topological polar surface area (TPSA) is 83.5 Å². The molecule has 0 aliphatic heterocycles. The predicted octanol–water partition coefficient (Wildman–Crippen LogP) is 1.68. The number of aliphatic carboxylic acids is 1. The van der Waals surface area contributed by atoms with Gasteiger partial charge in [0.2, 0.25) is 5.91 Å². The molecule has 0 saturated carbocycles. The molecule has 0 bridgehead atoms.